The number of carbonyl (C=O) groups is 1. The molecule has 1 saturated carbocycles. The molecule has 0 heterocycles. The van der Waals surface area contributed by atoms with Gasteiger partial charge in [-0.1, -0.05) is 22.9 Å². The zero-order chi connectivity index (χ0) is 9.35. The van der Waals surface area contributed by atoms with Crippen molar-refractivity contribution in [1.82, 2.24) is 0 Å². The highest BCUT2D eigenvalue weighted by atomic mass is 79.9. The predicted octanol–water partition coefficient (Wildman–Crippen LogP) is 2.58. The summed E-state index contributed by atoms with van der Waals surface area (Å²) in [6, 6.07) is 0. The molecule has 1 fully saturated rings. The number of Topliss-reactive ketones (excluding diaryl/α,β-unsaturated/α-hetero) is 1. The van der Waals surface area contributed by atoms with Gasteiger partial charge in [-0.3, -0.25) is 4.79 Å². The molecule has 1 N–H and O–H groups in total. The first-order chi connectivity index (χ1) is 5.47. The van der Waals surface area contributed by atoms with E-state index >= 15 is 0 Å². The predicted molar refractivity (Wildman–Crippen MR) is 51.4 cm³/mol. The molecular formula is C9H13BrO2. The molecule has 0 radical (unpaired) electrons. The number of allylic oxidation sites excluding steroid dienone is 1. The van der Waals surface area contributed by atoms with Crippen molar-refractivity contribution >= 4 is 21.7 Å². The van der Waals surface area contributed by atoms with E-state index < -0.39 is 0 Å². The fraction of sp³-hybridized carbons (Fsp3) is 0.667. The molecule has 1 rings (SSSR count). The number of ketones is 1. The Hall–Kier alpha value is -0.310. The third-order valence-electron chi connectivity index (χ3n) is 2.57. The molecule has 0 amide bonds. The van der Waals surface area contributed by atoms with Gasteiger partial charge in [-0.2, -0.15) is 0 Å². The van der Waals surface area contributed by atoms with Gasteiger partial charge in [0.15, 0.2) is 5.78 Å². The maximum atomic E-state index is 11.3. The van der Waals surface area contributed by atoms with Gasteiger partial charge in [-0.05, 0) is 19.3 Å². The summed E-state index contributed by atoms with van der Waals surface area (Å²) in [5.41, 5.74) is 0.535. The molecule has 2 unspecified atom stereocenters. The highest BCUT2D eigenvalue weighted by Crippen LogP contribution is 2.40. The van der Waals surface area contributed by atoms with Crippen LogP contribution in [0.2, 0.25) is 0 Å². The molecule has 0 bridgehead atoms. The molecule has 0 aromatic heterocycles. The minimum absolute atomic E-state index is 0.0462. The number of carbonyl (C=O) groups excluding carboxylic acids is 1. The number of aliphatic hydroxyl groups is 1. The molecular weight excluding hydrogens is 220 g/mol. The second-order valence-electron chi connectivity index (χ2n) is 3.64. The highest BCUT2D eigenvalue weighted by molar-refractivity contribution is 9.10. The van der Waals surface area contributed by atoms with Gasteiger partial charge in [0, 0.05) is 16.3 Å². The summed E-state index contributed by atoms with van der Waals surface area (Å²) in [6.45, 7) is 4.09. The molecule has 0 saturated heterocycles. The topological polar surface area (TPSA) is 37.3 Å². The van der Waals surface area contributed by atoms with Gasteiger partial charge in [0.05, 0.1) is 6.26 Å². The normalized spacial score (nSPS) is 40.4. The van der Waals surface area contributed by atoms with Crippen molar-refractivity contribution in [2.24, 2.45) is 5.92 Å². The lowest BCUT2D eigenvalue weighted by Crippen LogP contribution is -2.34. The zero-order valence-corrected chi connectivity index (χ0v) is 8.89. The Kier molecular flexibility index (Phi) is 2.61. The fourth-order valence-corrected chi connectivity index (χ4v) is 1.85. The molecule has 0 aromatic rings. The number of alkyl halides is 1. The van der Waals surface area contributed by atoms with Crippen LogP contribution in [0.25, 0.3) is 0 Å². The van der Waals surface area contributed by atoms with Crippen LogP contribution in [0.5, 0.6) is 0 Å². The number of halogens is 1. The van der Waals surface area contributed by atoms with Gasteiger partial charge in [-0.15, -0.1) is 0 Å². The van der Waals surface area contributed by atoms with Crippen molar-refractivity contribution in [2.45, 2.75) is 31.0 Å². The molecule has 2 atom stereocenters. The van der Waals surface area contributed by atoms with E-state index in [0.29, 0.717) is 24.3 Å². The second kappa shape index (κ2) is 3.21. The Morgan fingerprint density at radius 1 is 1.75 bits per heavy atom. The first-order valence-corrected chi connectivity index (χ1v) is 4.82. The van der Waals surface area contributed by atoms with Crippen LogP contribution in [0.3, 0.4) is 0 Å². The largest absolute Gasteiger partial charge is 0.515 e. The summed E-state index contributed by atoms with van der Waals surface area (Å²) in [5.74, 6) is 0.399. The zero-order valence-electron chi connectivity index (χ0n) is 7.30. The van der Waals surface area contributed by atoms with Gasteiger partial charge < -0.3 is 5.11 Å². The van der Waals surface area contributed by atoms with E-state index in [0.717, 1.165) is 6.26 Å². The van der Waals surface area contributed by atoms with Gasteiger partial charge >= 0.3 is 0 Å². The summed E-state index contributed by atoms with van der Waals surface area (Å²) in [4.78, 5) is 11.3. The summed E-state index contributed by atoms with van der Waals surface area (Å²) >= 11 is 3.56. The van der Waals surface area contributed by atoms with Crippen LogP contribution in [0, 0.1) is 5.92 Å². The van der Waals surface area contributed by atoms with E-state index in [1.54, 1.807) is 0 Å². The van der Waals surface area contributed by atoms with Gasteiger partial charge in [0.25, 0.3) is 0 Å². The Bertz CT molecular complexity index is 231. The van der Waals surface area contributed by atoms with E-state index in [9.17, 15) is 4.79 Å². The average molecular weight is 233 g/mol. The van der Waals surface area contributed by atoms with Crippen molar-refractivity contribution in [2.75, 3.05) is 0 Å². The Morgan fingerprint density at radius 3 is 2.83 bits per heavy atom. The van der Waals surface area contributed by atoms with E-state index in [1.165, 1.54) is 0 Å². The summed E-state index contributed by atoms with van der Waals surface area (Å²) in [6.07, 6.45) is 2.07. The minimum Gasteiger partial charge on any atom is -0.515 e. The quantitative estimate of drug-likeness (QED) is 0.396. The van der Waals surface area contributed by atoms with Gasteiger partial charge in [-0.25, -0.2) is 0 Å². The monoisotopic (exact) mass is 232 g/mol. The number of hydrogen-bond acceptors (Lipinski definition) is 2. The van der Waals surface area contributed by atoms with Crippen molar-refractivity contribution in [3.8, 4) is 0 Å². The van der Waals surface area contributed by atoms with Crippen LogP contribution < -0.4 is 0 Å². The summed E-state index contributed by atoms with van der Waals surface area (Å²) in [5, 5.41) is 8.78. The lowest BCUT2D eigenvalue weighted by atomic mass is 9.78. The van der Waals surface area contributed by atoms with Crippen LogP contribution in [-0.4, -0.2) is 15.2 Å². The molecule has 2 nitrogen and oxygen atoms in total. The highest BCUT2D eigenvalue weighted by Gasteiger charge is 2.37. The molecule has 0 aliphatic heterocycles. The maximum Gasteiger partial charge on any atom is 0.162 e. The molecule has 12 heavy (non-hydrogen) atoms. The molecule has 1 aliphatic carbocycles. The van der Waals surface area contributed by atoms with E-state index in [4.69, 9.17) is 5.11 Å². The van der Waals surface area contributed by atoms with Crippen molar-refractivity contribution < 1.29 is 9.90 Å². The van der Waals surface area contributed by atoms with Crippen LogP contribution in [0.15, 0.2) is 11.8 Å². The van der Waals surface area contributed by atoms with Crippen molar-refractivity contribution in [3.05, 3.63) is 11.8 Å². The second-order valence-corrected chi connectivity index (χ2v) is 5.45. The van der Waals surface area contributed by atoms with E-state index in [-0.39, 0.29) is 10.1 Å². The SMILES string of the molecule is CC1CC(=O)C(=CO)CC1(C)Br. The van der Waals surface area contributed by atoms with Crippen LogP contribution >= 0.6 is 15.9 Å². The molecule has 3 heteroatoms. The van der Waals surface area contributed by atoms with Crippen molar-refractivity contribution in [1.29, 1.82) is 0 Å². The number of aliphatic hydroxyl groups excluding tert-OH is 1. The van der Waals surface area contributed by atoms with Crippen LogP contribution in [0.4, 0.5) is 0 Å². The van der Waals surface area contributed by atoms with Crippen LogP contribution in [0.1, 0.15) is 26.7 Å². The number of rotatable bonds is 0. The molecule has 1 aliphatic rings. The van der Waals surface area contributed by atoms with Gasteiger partial charge in [0.2, 0.25) is 0 Å². The number of hydrogen-bond donors (Lipinski definition) is 1. The Balaban J connectivity index is 2.85. The Labute approximate surface area is 80.8 Å². The summed E-state index contributed by atoms with van der Waals surface area (Å²) in [7, 11) is 0. The fourth-order valence-electron chi connectivity index (χ4n) is 1.38. The van der Waals surface area contributed by atoms with Crippen LogP contribution in [-0.2, 0) is 4.79 Å². The molecule has 68 valence electrons. The average Bonchev–Trinajstić information content (AvgIpc) is 1.97. The lowest BCUT2D eigenvalue weighted by Gasteiger charge is -2.34. The summed E-state index contributed by atoms with van der Waals surface area (Å²) < 4.78 is -0.0462. The molecule has 0 spiro atoms. The standard InChI is InChI=1S/C9H13BrO2/c1-6-3-8(12)7(5-11)4-9(6,2)10/h5-6,11H,3-4H2,1-2H3. The van der Waals surface area contributed by atoms with E-state index in [2.05, 4.69) is 15.9 Å². The third kappa shape index (κ3) is 1.71. The van der Waals surface area contributed by atoms with E-state index in [1.807, 2.05) is 13.8 Å². The first kappa shape index (κ1) is 9.78. The van der Waals surface area contributed by atoms with Gasteiger partial charge in [0.1, 0.15) is 0 Å². The minimum atomic E-state index is -0.0462. The Morgan fingerprint density at radius 2 is 2.33 bits per heavy atom. The third-order valence-corrected chi connectivity index (χ3v) is 3.63. The first-order valence-electron chi connectivity index (χ1n) is 4.02. The van der Waals surface area contributed by atoms with Crippen molar-refractivity contribution in [3.63, 3.8) is 0 Å². The molecule has 0 aromatic carbocycles. The lowest BCUT2D eigenvalue weighted by molar-refractivity contribution is -0.117. The maximum absolute atomic E-state index is 11.3. The smallest absolute Gasteiger partial charge is 0.162 e.